The van der Waals surface area contributed by atoms with Crippen molar-refractivity contribution in [1.82, 2.24) is 4.57 Å². The molecule has 0 aliphatic carbocycles. The number of halogens is 1. The SMILES string of the molecule is CCC(CC)(CC)n1cc[n+](C(CC)(CC)CC)c1.[Cl-]. The fraction of sp³-hybridized carbons (Fsp3) is 0.824. The molecule has 1 rings (SSSR count). The third kappa shape index (κ3) is 3.21. The maximum absolute atomic E-state index is 2.46. The Morgan fingerprint density at radius 1 is 0.800 bits per heavy atom. The molecule has 0 aromatic carbocycles. The zero-order valence-electron chi connectivity index (χ0n) is 14.2. The fourth-order valence-electron chi connectivity index (χ4n) is 3.51. The first-order chi connectivity index (χ1) is 9.07. The Labute approximate surface area is 132 Å². The standard InChI is InChI=1S/C17H33N2.ClH/c1-7-16(8-2,9-3)18-13-14-19(15-18)17(10-4,11-5)12-6;/h13-15H,7-12H2,1-6H3;1H/q+1;/p-1. The van der Waals surface area contributed by atoms with Crippen molar-refractivity contribution >= 4 is 0 Å². The van der Waals surface area contributed by atoms with Crippen LogP contribution in [0.3, 0.4) is 0 Å². The second-order valence-electron chi connectivity index (χ2n) is 5.80. The molecule has 0 aliphatic heterocycles. The Morgan fingerprint density at radius 3 is 1.60 bits per heavy atom. The third-order valence-corrected chi connectivity index (χ3v) is 5.68. The minimum Gasteiger partial charge on any atom is -1.00 e. The molecule has 0 spiro atoms. The van der Waals surface area contributed by atoms with Gasteiger partial charge in [-0.25, -0.2) is 9.13 Å². The highest BCUT2D eigenvalue weighted by Crippen LogP contribution is 2.29. The fourth-order valence-corrected chi connectivity index (χ4v) is 3.51. The summed E-state index contributed by atoms with van der Waals surface area (Å²) in [6.07, 6.45) is 14.1. The first-order valence-corrected chi connectivity index (χ1v) is 8.18. The van der Waals surface area contributed by atoms with Crippen LogP contribution in [0.4, 0.5) is 0 Å². The lowest BCUT2D eigenvalue weighted by Crippen LogP contribution is -3.00. The maximum Gasteiger partial charge on any atom is 0.244 e. The van der Waals surface area contributed by atoms with E-state index in [1.807, 2.05) is 0 Å². The molecule has 1 aromatic rings. The Kier molecular flexibility index (Phi) is 7.87. The van der Waals surface area contributed by atoms with Crippen molar-refractivity contribution < 1.29 is 17.0 Å². The van der Waals surface area contributed by atoms with Gasteiger partial charge in [-0.3, -0.25) is 0 Å². The molecule has 0 atom stereocenters. The molecule has 0 bridgehead atoms. The summed E-state index contributed by atoms with van der Waals surface area (Å²) in [4.78, 5) is 0. The molecule has 0 unspecified atom stereocenters. The van der Waals surface area contributed by atoms with Crippen LogP contribution in [0.2, 0.25) is 0 Å². The summed E-state index contributed by atoms with van der Waals surface area (Å²) in [7, 11) is 0. The summed E-state index contributed by atoms with van der Waals surface area (Å²) in [6.45, 7) is 13.9. The van der Waals surface area contributed by atoms with Gasteiger partial charge >= 0.3 is 0 Å². The van der Waals surface area contributed by atoms with Crippen molar-refractivity contribution in [3.63, 3.8) is 0 Å². The van der Waals surface area contributed by atoms with Crippen LogP contribution in [0, 0.1) is 0 Å². The van der Waals surface area contributed by atoms with E-state index in [9.17, 15) is 0 Å². The van der Waals surface area contributed by atoms with E-state index < -0.39 is 0 Å². The number of rotatable bonds is 8. The van der Waals surface area contributed by atoms with E-state index in [0.29, 0.717) is 11.1 Å². The number of nitrogens with zero attached hydrogens (tertiary/aromatic N) is 2. The van der Waals surface area contributed by atoms with Crippen molar-refractivity contribution in [2.45, 2.75) is 91.1 Å². The summed E-state index contributed by atoms with van der Waals surface area (Å²) in [6, 6.07) is 0. The quantitative estimate of drug-likeness (QED) is 0.645. The van der Waals surface area contributed by atoms with Crippen LogP contribution in [0.5, 0.6) is 0 Å². The van der Waals surface area contributed by atoms with Gasteiger partial charge in [0.1, 0.15) is 23.5 Å². The average molecular weight is 301 g/mol. The molecule has 0 amide bonds. The number of imidazole rings is 1. The van der Waals surface area contributed by atoms with E-state index in [1.165, 1.54) is 38.5 Å². The first-order valence-electron chi connectivity index (χ1n) is 8.18. The molecule has 0 saturated heterocycles. The number of aromatic nitrogens is 2. The first kappa shape index (κ1) is 19.5. The van der Waals surface area contributed by atoms with E-state index in [2.05, 4.69) is 69.4 Å². The molecule has 3 heteroatoms. The van der Waals surface area contributed by atoms with Gasteiger partial charge in [0.25, 0.3) is 0 Å². The van der Waals surface area contributed by atoms with Gasteiger partial charge in [-0.1, -0.05) is 41.5 Å². The lowest BCUT2D eigenvalue weighted by molar-refractivity contribution is -0.766. The molecule has 0 aliphatic rings. The smallest absolute Gasteiger partial charge is 0.244 e. The molecular weight excluding hydrogens is 268 g/mol. The van der Waals surface area contributed by atoms with Gasteiger partial charge in [0.15, 0.2) is 0 Å². The van der Waals surface area contributed by atoms with Crippen LogP contribution in [0.15, 0.2) is 18.7 Å². The Balaban J connectivity index is 0.00000361. The van der Waals surface area contributed by atoms with Crippen LogP contribution in [-0.4, -0.2) is 4.57 Å². The van der Waals surface area contributed by atoms with E-state index in [0.717, 1.165) is 0 Å². The largest absolute Gasteiger partial charge is 1.00 e. The molecule has 118 valence electrons. The normalized spacial score (nSPS) is 12.3. The lowest BCUT2D eigenvalue weighted by Gasteiger charge is -2.29. The summed E-state index contributed by atoms with van der Waals surface area (Å²) in [5, 5.41) is 0. The van der Waals surface area contributed by atoms with E-state index in [-0.39, 0.29) is 12.4 Å². The molecule has 0 fully saturated rings. The highest BCUT2D eigenvalue weighted by Gasteiger charge is 2.35. The van der Waals surface area contributed by atoms with Crippen molar-refractivity contribution in [2.75, 3.05) is 0 Å². The monoisotopic (exact) mass is 300 g/mol. The lowest BCUT2D eigenvalue weighted by atomic mass is 9.89. The molecule has 0 N–H and O–H groups in total. The van der Waals surface area contributed by atoms with Crippen molar-refractivity contribution in [2.24, 2.45) is 0 Å². The minimum atomic E-state index is 0. The van der Waals surface area contributed by atoms with Crippen molar-refractivity contribution in [1.29, 1.82) is 0 Å². The van der Waals surface area contributed by atoms with E-state index >= 15 is 0 Å². The van der Waals surface area contributed by atoms with Crippen molar-refractivity contribution in [3.8, 4) is 0 Å². The van der Waals surface area contributed by atoms with E-state index in [4.69, 9.17) is 0 Å². The third-order valence-electron chi connectivity index (χ3n) is 5.68. The number of hydrogen-bond acceptors (Lipinski definition) is 0. The predicted molar refractivity (Wildman–Crippen MR) is 82.3 cm³/mol. The van der Waals surface area contributed by atoms with Crippen LogP contribution in [0.1, 0.15) is 80.1 Å². The van der Waals surface area contributed by atoms with Crippen LogP contribution in [0.25, 0.3) is 0 Å². The molecular formula is C17H33ClN2. The summed E-state index contributed by atoms with van der Waals surface area (Å²) >= 11 is 0. The number of hydrogen-bond donors (Lipinski definition) is 0. The maximum atomic E-state index is 2.46. The van der Waals surface area contributed by atoms with E-state index in [1.54, 1.807) is 0 Å². The zero-order chi connectivity index (χ0) is 14.5. The molecule has 0 saturated carbocycles. The van der Waals surface area contributed by atoms with Crippen molar-refractivity contribution in [3.05, 3.63) is 18.7 Å². The topological polar surface area (TPSA) is 8.81 Å². The molecule has 1 aromatic heterocycles. The van der Waals surface area contributed by atoms with Crippen LogP contribution in [-0.2, 0) is 11.1 Å². The van der Waals surface area contributed by atoms with Gasteiger partial charge in [-0.15, -0.1) is 0 Å². The summed E-state index contributed by atoms with van der Waals surface area (Å²) < 4.78 is 4.92. The van der Waals surface area contributed by atoms with Crippen LogP contribution < -0.4 is 17.0 Å². The zero-order valence-corrected chi connectivity index (χ0v) is 15.0. The predicted octanol–water partition coefficient (Wildman–Crippen LogP) is 1.63. The minimum absolute atomic E-state index is 0. The molecule has 1 heterocycles. The highest BCUT2D eigenvalue weighted by atomic mass is 35.5. The van der Waals surface area contributed by atoms with Gasteiger partial charge in [-0.05, 0) is 38.5 Å². The second kappa shape index (κ2) is 8.07. The highest BCUT2D eigenvalue weighted by molar-refractivity contribution is 4.87. The summed E-state index contributed by atoms with van der Waals surface area (Å²) in [5.41, 5.74) is 0.596. The molecule has 20 heavy (non-hydrogen) atoms. The Bertz CT molecular complexity index is 325. The average Bonchev–Trinajstić information content (AvgIpc) is 2.95. The van der Waals surface area contributed by atoms with Gasteiger partial charge in [0, 0.05) is 0 Å². The van der Waals surface area contributed by atoms with Crippen LogP contribution >= 0.6 is 0 Å². The van der Waals surface area contributed by atoms with Gasteiger partial charge < -0.3 is 12.4 Å². The molecule has 0 radical (unpaired) electrons. The molecule has 2 nitrogen and oxygen atoms in total. The van der Waals surface area contributed by atoms with Gasteiger partial charge in [0.05, 0.1) is 0 Å². The van der Waals surface area contributed by atoms with Gasteiger partial charge in [-0.2, -0.15) is 0 Å². The Morgan fingerprint density at radius 2 is 1.25 bits per heavy atom. The Hall–Kier alpha value is -0.500. The summed E-state index contributed by atoms with van der Waals surface area (Å²) in [5.74, 6) is 0. The van der Waals surface area contributed by atoms with Gasteiger partial charge in [0.2, 0.25) is 6.33 Å². The second-order valence-corrected chi connectivity index (χ2v) is 5.80.